The van der Waals surface area contributed by atoms with Crippen LogP contribution in [0.2, 0.25) is 0 Å². The van der Waals surface area contributed by atoms with Gasteiger partial charge in [-0.3, -0.25) is 9.69 Å². The van der Waals surface area contributed by atoms with Crippen LogP contribution in [0.5, 0.6) is 0 Å². The first-order valence-corrected chi connectivity index (χ1v) is 8.64. The molecule has 2 aliphatic rings. The van der Waals surface area contributed by atoms with Crippen LogP contribution in [0.25, 0.3) is 0 Å². The van der Waals surface area contributed by atoms with Gasteiger partial charge in [0.15, 0.2) is 0 Å². The van der Waals surface area contributed by atoms with E-state index in [2.05, 4.69) is 9.55 Å². The Hall–Kier alpha value is -1.85. The van der Waals surface area contributed by atoms with Crippen LogP contribution in [-0.2, 0) is 11.3 Å². The minimum absolute atomic E-state index is 0.0310. The number of nitrogens with zero attached hydrogens (tertiary/aromatic N) is 4. The van der Waals surface area contributed by atoms with E-state index in [9.17, 15) is 9.59 Å². The highest BCUT2D eigenvalue weighted by molar-refractivity contribution is 6.06. The Morgan fingerprint density at radius 2 is 1.83 bits per heavy atom. The van der Waals surface area contributed by atoms with Crippen LogP contribution in [0.4, 0.5) is 4.79 Å². The van der Waals surface area contributed by atoms with Gasteiger partial charge in [0.25, 0.3) is 5.91 Å². The Labute approximate surface area is 137 Å². The first kappa shape index (κ1) is 16.0. The van der Waals surface area contributed by atoms with E-state index in [1.165, 1.54) is 11.3 Å². The van der Waals surface area contributed by atoms with E-state index >= 15 is 0 Å². The summed E-state index contributed by atoms with van der Waals surface area (Å²) >= 11 is 0. The number of carbonyl (C=O) groups is 2. The summed E-state index contributed by atoms with van der Waals surface area (Å²) in [5.74, 6) is 1.03. The largest absolute Gasteiger partial charge is 0.335 e. The Morgan fingerprint density at radius 1 is 1.13 bits per heavy atom. The van der Waals surface area contributed by atoms with Crippen LogP contribution in [0, 0.1) is 6.92 Å². The van der Waals surface area contributed by atoms with Crippen molar-refractivity contribution in [1.29, 1.82) is 0 Å². The summed E-state index contributed by atoms with van der Waals surface area (Å²) in [5.41, 5.74) is -0.545. The molecule has 3 amide bonds. The summed E-state index contributed by atoms with van der Waals surface area (Å²) in [7, 11) is 1.79. The number of hydrogen-bond acceptors (Lipinski definition) is 3. The number of amides is 3. The number of hydrogen-bond donors (Lipinski definition) is 0. The summed E-state index contributed by atoms with van der Waals surface area (Å²) in [6.45, 7) is 3.38. The zero-order valence-corrected chi connectivity index (χ0v) is 14.1. The lowest BCUT2D eigenvalue weighted by atomic mass is 9.81. The third-order valence-corrected chi connectivity index (χ3v) is 5.44. The van der Waals surface area contributed by atoms with Crippen LogP contribution >= 0.6 is 0 Å². The summed E-state index contributed by atoms with van der Waals surface area (Å²) < 4.78 is 2.10. The maximum Gasteiger partial charge on any atom is 0.327 e. The molecule has 1 saturated heterocycles. The van der Waals surface area contributed by atoms with Crippen LogP contribution in [0.15, 0.2) is 12.4 Å². The molecule has 0 N–H and O–H groups in total. The predicted octanol–water partition coefficient (Wildman–Crippen LogP) is 2.57. The average Bonchev–Trinajstić information content (AvgIpc) is 3.04. The van der Waals surface area contributed by atoms with Gasteiger partial charge < -0.3 is 9.47 Å². The van der Waals surface area contributed by atoms with Crippen LogP contribution in [-0.4, -0.2) is 50.4 Å². The van der Waals surface area contributed by atoms with Gasteiger partial charge >= 0.3 is 6.03 Å². The third-order valence-electron chi connectivity index (χ3n) is 5.44. The molecule has 1 aliphatic heterocycles. The van der Waals surface area contributed by atoms with Gasteiger partial charge in [0.2, 0.25) is 0 Å². The van der Waals surface area contributed by atoms with Gasteiger partial charge in [-0.25, -0.2) is 9.78 Å². The molecule has 0 atom stereocenters. The number of unbranched alkanes of at least 4 members (excludes halogenated alkanes) is 1. The van der Waals surface area contributed by atoms with E-state index in [-0.39, 0.29) is 11.9 Å². The number of imidazole rings is 1. The van der Waals surface area contributed by atoms with E-state index in [0.29, 0.717) is 6.54 Å². The second kappa shape index (κ2) is 6.34. The predicted molar refractivity (Wildman–Crippen MR) is 86.9 cm³/mol. The number of rotatable bonds is 5. The molecular weight excluding hydrogens is 292 g/mol. The monoisotopic (exact) mass is 318 g/mol. The number of likely N-dealkylation sites (N-methyl/N-ethyl adjacent to an activating group) is 1. The molecule has 1 aliphatic carbocycles. The summed E-state index contributed by atoms with van der Waals surface area (Å²) in [5, 5.41) is 0. The van der Waals surface area contributed by atoms with Crippen molar-refractivity contribution in [3.63, 3.8) is 0 Å². The topological polar surface area (TPSA) is 58.4 Å². The Bertz CT molecular complexity index is 589. The smallest absolute Gasteiger partial charge is 0.327 e. The average molecular weight is 318 g/mol. The molecule has 0 radical (unpaired) electrons. The second-order valence-electron chi connectivity index (χ2n) is 6.77. The third kappa shape index (κ3) is 2.75. The van der Waals surface area contributed by atoms with Gasteiger partial charge in [0.1, 0.15) is 11.4 Å². The van der Waals surface area contributed by atoms with Crippen molar-refractivity contribution in [3.8, 4) is 0 Å². The van der Waals surface area contributed by atoms with E-state index in [4.69, 9.17) is 0 Å². The normalized spacial score (nSPS) is 20.8. The molecule has 3 rings (SSSR count). The molecule has 1 spiro atoms. The van der Waals surface area contributed by atoms with Crippen molar-refractivity contribution in [2.45, 2.75) is 64.0 Å². The fourth-order valence-corrected chi connectivity index (χ4v) is 3.92. The van der Waals surface area contributed by atoms with Gasteiger partial charge in [-0.05, 0) is 32.6 Å². The number of carbonyl (C=O) groups excluding carboxylic acids is 2. The van der Waals surface area contributed by atoms with E-state index in [0.717, 1.165) is 50.9 Å². The second-order valence-corrected chi connectivity index (χ2v) is 6.77. The van der Waals surface area contributed by atoms with Crippen LogP contribution in [0.1, 0.15) is 50.8 Å². The highest BCUT2D eigenvalue weighted by Crippen LogP contribution is 2.39. The van der Waals surface area contributed by atoms with Crippen LogP contribution in [0.3, 0.4) is 0 Å². The van der Waals surface area contributed by atoms with Crippen molar-refractivity contribution in [2.75, 3.05) is 13.6 Å². The Kier molecular flexibility index (Phi) is 4.41. The zero-order chi connectivity index (χ0) is 16.4. The van der Waals surface area contributed by atoms with Crippen molar-refractivity contribution in [2.24, 2.45) is 0 Å². The molecule has 0 aromatic carbocycles. The highest BCUT2D eigenvalue weighted by atomic mass is 16.2. The first-order chi connectivity index (χ1) is 11.1. The Balaban J connectivity index is 1.56. The molecule has 1 aromatic rings. The lowest BCUT2D eigenvalue weighted by Gasteiger charge is -2.35. The molecule has 2 fully saturated rings. The molecule has 23 heavy (non-hydrogen) atoms. The standard InChI is InChI=1S/C17H26N4O2/c1-14-18-10-13-20(14)11-6-7-12-21-15(22)17(19(2)16(21)23)8-4-3-5-9-17/h10,13H,3-9,11-12H2,1-2H3. The van der Waals surface area contributed by atoms with E-state index in [1.54, 1.807) is 18.1 Å². The van der Waals surface area contributed by atoms with Crippen molar-refractivity contribution in [3.05, 3.63) is 18.2 Å². The maximum absolute atomic E-state index is 12.8. The maximum atomic E-state index is 12.8. The van der Waals surface area contributed by atoms with Crippen molar-refractivity contribution < 1.29 is 9.59 Å². The molecule has 2 heterocycles. The molecular formula is C17H26N4O2. The van der Waals surface area contributed by atoms with Gasteiger partial charge in [-0.2, -0.15) is 0 Å². The van der Waals surface area contributed by atoms with Gasteiger partial charge in [-0.15, -0.1) is 0 Å². The minimum Gasteiger partial charge on any atom is -0.335 e. The molecule has 6 nitrogen and oxygen atoms in total. The summed E-state index contributed by atoms with van der Waals surface area (Å²) in [6, 6.07) is -0.115. The number of aromatic nitrogens is 2. The molecule has 0 unspecified atom stereocenters. The van der Waals surface area contributed by atoms with Crippen molar-refractivity contribution in [1.82, 2.24) is 19.4 Å². The number of urea groups is 1. The Morgan fingerprint density at radius 3 is 2.48 bits per heavy atom. The fraction of sp³-hybridized carbons (Fsp3) is 0.706. The molecule has 6 heteroatoms. The number of imide groups is 1. The summed E-state index contributed by atoms with van der Waals surface area (Å²) in [4.78, 5) is 32.7. The zero-order valence-electron chi connectivity index (χ0n) is 14.1. The van der Waals surface area contributed by atoms with E-state index < -0.39 is 5.54 Å². The van der Waals surface area contributed by atoms with E-state index in [1.807, 2.05) is 13.1 Å². The molecule has 1 aromatic heterocycles. The minimum atomic E-state index is -0.545. The highest BCUT2D eigenvalue weighted by Gasteiger charge is 2.55. The number of aryl methyl sites for hydroxylation is 2. The fourth-order valence-electron chi connectivity index (χ4n) is 3.92. The SMILES string of the molecule is Cc1nccn1CCCCN1C(=O)N(C)C2(CCCCC2)C1=O. The lowest BCUT2D eigenvalue weighted by molar-refractivity contribution is -0.134. The lowest BCUT2D eigenvalue weighted by Crippen LogP contribution is -2.49. The first-order valence-electron chi connectivity index (χ1n) is 8.64. The molecule has 126 valence electrons. The van der Waals surface area contributed by atoms with Crippen LogP contribution < -0.4 is 0 Å². The van der Waals surface area contributed by atoms with Gasteiger partial charge in [0.05, 0.1) is 0 Å². The summed E-state index contributed by atoms with van der Waals surface area (Å²) in [6.07, 6.45) is 10.4. The molecule has 0 bridgehead atoms. The van der Waals surface area contributed by atoms with Crippen molar-refractivity contribution >= 4 is 11.9 Å². The van der Waals surface area contributed by atoms with Gasteiger partial charge in [0, 0.05) is 32.5 Å². The quantitative estimate of drug-likeness (QED) is 0.619. The van der Waals surface area contributed by atoms with Gasteiger partial charge in [-0.1, -0.05) is 19.3 Å². The molecule has 1 saturated carbocycles.